The molecule has 0 unspecified atom stereocenters. The summed E-state index contributed by atoms with van der Waals surface area (Å²) < 4.78 is 5.59. The lowest BCUT2D eigenvalue weighted by atomic mass is 10.2. The summed E-state index contributed by atoms with van der Waals surface area (Å²) in [7, 11) is 0. The number of unbranched alkanes of at least 4 members (excludes halogenated alkanes) is 2. The van der Waals surface area contributed by atoms with Crippen LogP contribution in [-0.2, 0) is 0 Å². The van der Waals surface area contributed by atoms with Crippen LogP contribution in [0.1, 0.15) is 19.3 Å². The van der Waals surface area contributed by atoms with E-state index >= 15 is 0 Å². The molecular formula is C14H20N2O2. The van der Waals surface area contributed by atoms with Crippen LogP contribution in [0.4, 0.5) is 5.69 Å². The van der Waals surface area contributed by atoms with Gasteiger partial charge in [-0.05, 0) is 43.5 Å². The van der Waals surface area contributed by atoms with Crippen molar-refractivity contribution in [3.63, 3.8) is 0 Å². The van der Waals surface area contributed by atoms with E-state index in [0.29, 0.717) is 6.54 Å². The van der Waals surface area contributed by atoms with Crippen molar-refractivity contribution in [2.45, 2.75) is 19.3 Å². The van der Waals surface area contributed by atoms with Crippen molar-refractivity contribution >= 4 is 5.69 Å². The van der Waals surface area contributed by atoms with Crippen LogP contribution in [0.5, 0.6) is 5.75 Å². The van der Waals surface area contributed by atoms with Gasteiger partial charge in [0, 0.05) is 0 Å². The molecule has 0 atom stereocenters. The highest BCUT2D eigenvalue weighted by Crippen LogP contribution is 2.18. The lowest BCUT2D eigenvalue weighted by Gasteiger charge is -2.05. The Hall–Kier alpha value is -1.68. The highest BCUT2D eigenvalue weighted by molar-refractivity contribution is 5.40. The van der Waals surface area contributed by atoms with E-state index in [4.69, 9.17) is 9.84 Å². The smallest absolute Gasteiger partial charge is 0.119 e. The Balaban J connectivity index is 2.29. The first-order valence-electron chi connectivity index (χ1n) is 6.19. The molecule has 4 heteroatoms. The summed E-state index contributed by atoms with van der Waals surface area (Å²) in [5.74, 6) is 0.842. The number of aliphatic hydroxyl groups excluding tert-OH is 1. The van der Waals surface area contributed by atoms with Crippen molar-refractivity contribution in [2.75, 3.05) is 19.8 Å². The summed E-state index contributed by atoms with van der Waals surface area (Å²) in [5.41, 5.74) is 0.766. The number of ether oxygens (including phenoxy) is 1. The largest absolute Gasteiger partial charge is 0.494 e. The van der Waals surface area contributed by atoms with Crippen LogP contribution in [0, 0.1) is 0 Å². The first-order valence-corrected chi connectivity index (χ1v) is 6.19. The van der Waals surface area contributed by atoms with Gasteiger partial charge in [-0.15, -0.1) is 6.58 Å². The Kier molecular flexibility index (Phi) is 7.48. The summed E-state index contributed by atoms with van der Waals surface area (Å²) in [6.45, 7) is 4.76. The number of benzene rings is 1. The van der Waals surface area contributed by atoms with Gasteiger partial charge in [-0.3, -0.25) is 0 Å². The van der Waals surface area contributed by atoms with Gasteiger partial charge in [0.15, 0.2) is 0 Å². The van der Waals surface area contributed by atoms with E-state index in [-0.39, 0.29) is 6.61 Å². The van der Waals surface area contributed by atoms with Crippen molar-refractivity contribution in [3.8, 4) is 5.75 Å². The van der Waals surface area contributed by atoms with Crippen LogP contribution in [0.3, 0.4) is 0 Å². The van der Waals surface area contributed by atoms with Crippen molar-refractivity contribution in [3.05, 3.63) is 36.9 Å². The molecule has 0 radical (unpaired) electrons. The molecule has 0 spiro atoms. The summed E-state index contributed by atoms with van der Waals surface area (Å²) in [6, 6.07) is 7.45. The Bertz CT molecular complexity index is 361. The minimum atomic E-state index is 0.0232. The van der Waals surface area contributed by atoms with Crippen molar-refractivity contribution in [1.82, 2.24) is 0 Å². The second-order valence-corrected chi connectivity index (χ2v) is 3.82. The molecule has 0 saturated heterocycles. The lowest BCUT2D eigenvalue weighted by Crippen LogP contribution is -1.96. The van der Waals surface area contributed by atoms with Gasteiger partial charge in [-0.2, -0.15) is 10.2 Å². The maximum Gasteiger partial charge on any atom is 0.119 e. The van der Waals surface area contributed by atoms with Gasteiger partial charge < -0.3 is 9.84 Å². The molecule has 0 saturated carbocycles. The third kappa shape index (κ3) is 6.15. The van der Waals surface area contributed by atoms with Crippen molar-refractivity contribution in [1.29, 1.82) is 0 Å². The minimum absolute atomic E-state index is 0.0232. The average molecular weight is 248 g/mol. The van der Waals surface area contributed by atoms with E-state index < -0.39 is 0 Å². The van der Waals surface area contributed by atoms with Gasteiger partial charge in [0.25, 0.3) is 0 Å². The molecule has 1 N–H and O–H groups in total. The topological polar surface area (TPSA) is 54.2 Å². The Morgan fingerprint density at radius 3 is 2.67 bits per heavy atom. The Morgan fingerprint density at radius 2 is 2.00 bits per heavy atom. The molecule has 1 aromatic rings. The third-order valence-corrected chi connectivity index (χ3v) is 2.29. The second-order valence-electron chi connectivity index (χ2n) is 3.82. The first kappa shape index (κ1) is 14.4. The van der Waals surface area contributed by atoms with Gasteiger partial charge in [-0.25, -0.2) is 0 Å². The zero-order chi connectivity index (χ0) is 13.1. The zero-order valence-electron chi connectivity index (χ0n) is 10.6. The molecule has 0 fully saturated rings. The maximum atomic E-state index is 8.57. The molecule has 18 heavy (non-hydrogen) atoms. The van der Waals surface area contributed by atoms with E-state index in [9.17, 15) is 0 Å². The lowest BCUT2D eigenvalue weighted by molar-refractivity contribution is 0.304. The molecular weight excluding hydrogens is 228 g/mol. The molecule has 0 aliphatic heterocycles. The predicted octanol–water partition coefficient (Wildman–Crippen LogP) is 3.50. The van der Waals surface area contributed by atoms with Gasteiger partial charge in [0.05, 0.1) is 25.4 Å². The van der Waals surface area contributed by atoms with E-state index in [1.807, 2.05) is 30.3 Å². The summed E-state index contributed by atoms with van der Waals surface area (Å²) in [4.78, 5) is 0. The highest BCUT2D eigenvalue weighted by atomic mass is 16.5. The molecule has 1 rings (SSSR count). The summed E-state index contributed by atoms with van der Waals surface area (Å²) >= 11 is 0. The fourth-order valence-corrected chi connectivity index (χ4v) is 1.37. The number of azo groups is 1. The van der Waals surface area contributed by atoms with E-state index in [1.54, 1.807) is 0 Å². The maximum absolute atomic E-state index is 8.57. The normalized spacial score (nSPS) is 10.7. The number of nitrogens with zero attached hydrogens (tertiary/aromatic N) is 2. The van der Waals surface area contributed by atoms with Crippen LogP contribution in [0.25, 0.3) is 0 Å². The first-order chi connectivity index (χ1) is 8.86. The van der Waals surface area contributed by atoms with E-state index in [2.05, 4.69) is 16.8 Å². The van der Waals surface area contributed by atoms with Gasteiger partial charge in [0.2, 0.25) is 0 Å². The van der Waals surface area contributed by atoms with Gasteiger partial charge in [0.1, 0.15) is 5.75 Å². The monoisotopic (exact) mass is 248 g/mol. The van der Waals surface area contributed by atoms with Crippen LogP contribution in [0.15, 0.2) is 47.1 Å². The number of hydrogen-bond acceptors (Lipinski definition) is 4. The predicted molar refractivity (Wildman–Crippen MR) is 72.5 cm³/mol. The third-order valence-electron chi connectivity index (χ3n) is 2.29. The van der Waals surface area contributed by atoms with Crippen LogP contribution in [0.2, 0.25) is 0 Å². The number of hydrogen-bond donors (Lipinski definition) is 1. The summed E-state index contributed by atoms with van der Waals surface area (Å²) in [5, 5.41) is 16.3. The molecule has 0 aliphatic carbocycles. The fourth-order valence-electron chi connectivity index (χ4n) is 1.37. The molecule has 0 aromatic heterocycles. The molecule has 0 bridgehead atoms. The van der Waals surface area contributed by atoms with E-state index in [0.717, 1.165) is 37.3 Å². The Labute approximate surface area is 108 Å². The Morgan fingerprint density at radius 1 is 1.22 bits per heavy atom. The number of allylic oxidation sites excluding steroid dienone is 1. The molecule has 98 valence electrons. The molecule has 4 nitrogen and oxygen atoms in total. The average Bonchev–Trinajstić information content (AvgIpc) is 2.40. The second kappa shape index (κ2) is 9.36. The molecule has 0 aliphatic rings. The quantitative estimate of drug-likeness (QED) is 0.413. The van der Waals surface area contributed by atoms with Crippen LogP contribution >= 0.6 is 0 Å². The van der Waals surface area contributed by atoms with Crippen molar-refractivity contribution < 1.29 is 9.84 Å². The highest BCUT2D eigenvalue weighted by Gasteiger charge is 1.94. The standard InChI is InChI=1S/C14H20N2O2/c1-2-3-4-5-12-18-14-8-6-13(7-9-14)16-15-10-11-17/h2,6-9,17H,1,3-5,10-12H2. The van der Waals surface area contributed by atoms with E-state index in [1.165, 1.54) is 0 Å². The van der Waals surface area contributed by atoms with Crippen molar-refractivity contribution in [2.24, 2.45) is 10.2 Å². The minimum Gasteiger partial charge on any atom is -0.494 e. The fraction of sp³-hybridized carbons (Fsp3) is 0.429. The van der Waals surface area contributed by atoms with Crippen LogP contribution in [-0.4, -0.2) is 24.9 Å². The molecule has 0 heterocycles. The van der Waals surface area contributed by atoms with Crippen LogP contribution < -0.4 is 4.74 Å². The molecule has 1 aromatic carbocycles. The zero-order valence-corrected chi connectivity index (χ0v) is 10.6. The number of rotatable bonds is 9. The molecule has 0 amide bonds. The van der Waals surface area contributed by atoms with Gasteiger partial charge >= 0.3 is 0 Å². The van der Waals surface area contributed by atoms with Gasteiger partial charge in [-0.1, -0.05) is 6.08 Å². The summed E-state index contributed by atoms with van der Waals surface area (Å²) in [6.07, 6.45) is 5.10. The number of aliphatic hydroxyl groups is 1. The SMILES string of the molecule is C=CCCCCOc1ccc(N=NCCO)cc1.